The number of anilines is 1. The summed E-state index contributed by atoms with van der Waals surface area (Å²) >= 11 is 13.4. The van der Waals surface area contributed by atoms with E-state index >= 15 is 0 Å². The number of thioether (sulfide) groups is 1. The van der Waals surface area contributed by atoms with Gasteiger partial charge in [0.2, 0.25) is 5.88 Å². The minimum atomic E-state index is -0.450. The lowest BCUT2D eigenvalue weighted by molar-refractivity contribution is 0.102. The van der Waals surface area contributed by atoms with E-state index in [1.165, 1.54) is 25.1 Å². The third kappa shape index (κ3) is 3.58. The highest BCUT2D eigenvalue weighted by molar-refractivity contribution is 7.98. The molecule has 2 rings (SSSR count). The van der Waals surface area contributed by atoms with Crippen LogP contribution >= 0.6 is 35.0 Å². The third-order valence-corrected chi connectivity index (χ3v) is 3.75. The van der Waals surface area contributed by atoms with Crippen LogP contribution in [0.3, 0.4) is 0 Å². The van der Waals surface area contributed by atoms with E-state index in [0.717, 1.165) is 0 Å². The topological polar surface area (TPSA) is 64.1 Å². The molecule has 110 valence electrons. The Kier molecular flexibility index (Phi) is 5.27. The molecule has 1 heterocycles. The summed E-state index contributed by atoms with van der Waals surface area (Å²) in [5.41, 5.74) is 0.535. The molecule has 0 atom stereocenters. The molecule has 5 nitrogen and oxygen atoms in total. The number of ether oxygens (including phenoxy) is 1. The van der Waals surface area contributed by atoms with Gasteiger partial charge in [-0.25, -0.2) is 4.98 Å². The maximum Gasteiger partial charge on any atom is 0.262 e. The zero-order valence-electron chi connectivity index (χ0n) is 11.2. The second-order valence-corrected chi connectivity index (χ2v) is 5.42. The predicted octanol–water partition coefficient (Wildman–Crippen LogP) is 3.77. The first-order valence-electron chi connectivity index (χ1n) is 5.77. The van der Waals surface area contributed by atoms with Crippen LogP contribution in [0, 0.1) is 0 Å². The number of halogens is 2. The van der Waals surface area contributed by atoms with Crippen LogP contribution in [0.5, 0.6) is 5.88 Å². The lowest BCUT2D eigenvalue weighted by Gasteiger charge is -2.11. The summed E-state index contributed by atoms with van der Waals surface area (Å²) in [5, 5.41) is 3.84. The molecule has 1 aromatic heterocycles. The van der Waals surface area contributed by atoms with Gasteiger partial charge in [0, 0.05) is 6.20 Å². The number of hydrogen-bond donors (Lipinski definition) is 1. The first-order chi connectivity index (χ1) is 10.1. The van der Waals surface area contributed by atoms with Crippen LogP contribution in [-0.4, -0.2) is 29.2 Å². The highest BCUT2D eigenvalue weighted by atomic mass is 35.5. The Labute approximate surface area is 136 Å². The highest BCUT2D eigenvalue weighted by Gasteiger charge is 2.17. The van der Waals surface area contributed by atoms with Gasteiger partial charge in [-0.3, -0.25) is 4.79 Å². The van der Waals surface area contributed by atoms with Gasteiger partial charge in [0.05, 0.1) is 22.8 Å². The fourth-order valence-corrected chi connectivity index (χ4v) is 2.38. The van der Waals surface area contributed by atoms with E-state index in [9.17, 15) is 4.79 Å². The number of carbonyl (C=O) groups is 1. The van der Waals surface area contributed by atoms with Crippen molar-refractivity contribution in [1.82, 2.24) is 9.97 Å². The van der Waals surface area contributed by atoms with E-state index in [4.69, 9.17) is 27.9 Å². The smallest absolute Gasteiger partial charge is 0.262 e. The maximum atomic E-state index is 12.3. The monoisotopic (exact) mass is 343 g/mol. The van der Waals surface area contributed by atoms with Crippen LogP contribution in [0.2, 0.25) is 10.0 Å². The van der Waals surface area contributed by atoms with Crippen molar-refractivity contribution in [3.63, 3.8) is 0 Å². The van der Waals surface area contributed by atoms with Crippen molar-refractivity contribution in [3.05, 3.63) is 40.0 Å². The molecular weight excluding hydrogens is 333 g/mol. The summed E-state index contributed by atoms with van der Waals surface area (Å²) < 4.78 is 5.12. The van der Waals surface area contributed by atoms with Gasteiger partial charge >= 0.3 is 0 Å². The van der Waals surface area contributed by atoms with Crippen LogP contribution < -0.4 is 10.1 Å². The Morgan fingerprint density at radius 3 is 2.57 bits per heavy atom. The quantitative estimate of drug-likeness (QED) is 0.676. The van der Waals surface area contributed by atoms with E-state index in [2.05, 4.69) is 15.3 Å². The van der Waals surface area contributed by atoms with Crippen LogP contribution in [0.1, 0.15) is 10.4 Å². The number of amides is 1. The van der Waals surface area contributed by atoms with E-state index in [0.29, 0.717) is 20.9 Å². The third-order valence-electron chi connectivity index (χ3n) is 2.55. The van der Waals surface area contributed by atoms with E-state index < -0.39 is 5.91 Å². The maximum absolute atomic E-state index is 12.3. The molecular formula is C13H11Cl2N3O2S. The molecule has 1 N–H and O–H groups in total. The highest BCUT2D eigenvalue weighted by Crippen LogP contribution is 2.30. The summed E-state index contributed by atoms with van der Waals surface area (Å²) in [5.74, 6) is -0.260. The Hall–Kier alpha value is -1.50. The molecule has 0 radical (unpaired) electrons. The van der Waals surface area contributed by atoms with Crippen molar-refractivity contribution in [3.8, 4) is 5.88 Å². The Bertz CT molecular complexity index is 662. The van der Waals surface area contributed by atoms with E-state index in [-0.39, 0.29) is 11.4 Å². The number of methoxy groups -OCH3 is 1. The van der Waals surface area contributed by atoms with Crippen molar-refractivity contribution in [2.45, 2.75) is 5.16 Å². The van der Waals surface area contributed by atoms with Crippen molar-refractivity contribution in [1.29, 1.82) is 0 Å². The normalized spacial score (nSPS) is 10.3. The molecule has 1 aromatic carbocycles. The van der Waals surface area contributed by atoms with Crippen LogP contribution in [-0.2, 0) is 0 Å². The predicted molar refractivity (Wildman–Crippen MR) is 84.8 cm³/mol. The molecule has 0 spiro atoms. The zero-order chi connectivity index (χ0) is 15.4. The van der Waals surface area contributed by atoms with Gasteiger partial charge in [-0.05, 0) is 18.4 Å². The fraction of sp³-hybridized carbons (Fsp3) is 0.154. The fourth-order valence-electron chi connectivity index (χ4n) is 1.56. The van der Waals surface area contributed by atoms with Crippen LogP contribution in [0.15, 0.2) is 29.6 Å². The molecule has 0 aliphatic rings. The Morgan fingerprint density at radius 2 is 2.00 bits per heavy atom. The molecule has 0 fully saturated rings. The zero-order valence-corrected chi connectivity index (χ0v) is 13.5. The lowest BCUT2D eigenvalue weighted by Crippen LogP contribution is -2.15. The van der Waals surface area contributed by atoms with E-state index in [1.807, 2.05) is 6.26 Å². The first-order valence-corrected chi connectivity index (χ1v) is 7.75. The summed E-state index contributed by atoms with van der Waals surface area (Å²) in [6.45, 7) is 0. The van der Waals surface area contributed by atoms with Gasteiger partial charge in [-0.1, -0.05) is 41.0 Å². The number of aromatic nitrogens is 2. The summed E-state index contributed by atoms with van der Waals surface area (Å²) in [7, 11) is 1.44. The minimum absolute atomic E-state index is 0.190. The molecule has 0 bridgehead atoms. The van der Waals surface area contributed by atoms with Gasteiger partial charge < -0.3 is 10.1 Å². The van der Waals surface area contributed by atoms with Gasteiger partial charge in [-0.15, -0.1) is 0 Å². The number of nitrogens with one attached hydrogen (secondary N) is 1. The van der Waals surface area contributed by atoms with Crippen molar-refractivity contribution in [2.75, 3.05) is 18.7 Å². The van der Waals surface area contributed by atoms with Gasteiger partial charge in [0.1, 0.15) is 5.56 Å². The molecule has 0 unspecified atom stereocenters. The standard InChI is InChI=1S/C13H11Cl2N3O2S/c1-20-12-7(6-16-13(18-12)21-2)11(19)17-10-8(14)4-3-5-9(10)15/h3-6H,1-2H3,(H,17,19). The SMILES string of the molecule is COc1nc(SC)ncc1C(=O)Nc1c(Cl)cccc1Cl. The average molecular weight is 344 g/mol. The van der Waals surface area contributed by atoms with Crippen LogP contribution in [0.25, 0.3) is 0 Å². The molecule has 0 aliphatic heterocycles. The number of carbonyl (C=O) groups excluding carboxylic acids is 1. The lowest BCUT2D eigenvalue weighted by atomic mass is 10.2. The Balaban J connectivity index is 2.32. The molecule has 21 heavy (non-hydrogen) atoms. The first kappa shape index (κ1) is 15.9. The van der Waals surface area contributed by atoms with Crippen molar-refractivity contribution in [2.24, 2.45) is 0 Å². The number of rotatable bonds is 4. The summed E-state index contributed by atoms with van der Waals surface area (Å²) in [6, 6.07) is 4.96. The van der Waals surface area contributed by atoms with Crippen molar-refractivity contribution >= 4 is 46.6 Å². The second kappa shape index (κ2) is 6.98. The largest absolute Gasteiger partial charge is 0.480 e. The second-order valence-electron chi connectivity index (χ2n) is 3.83. The van der Waals surface area contributed by atoms with Gasteiger partial charge in [-0.2, -0.15) is 4.98 Å². The molecule has 0 saturated carbocycles. The molecule has 1 amide bonds. The minimum Gasteiger partial charge on any atom is -0.480 e. The van der Waals surface area contributed by atoms with Gasteiger partial charge in [0.15, 0.2) is 5.16 Å². The molecule has 0 saturated heterocycles. The van der Waals surface area contributed by atoms with Crippen LogP contribution in [0.4, 0.5) is 5.69 Å². The summed E-state index contributed by atoms with van der Waals surface area (Å²) in [6.07, 6.45) is 3.23. The van der Waals surface area contributed by atoms with Gasteiger partial charge in [0.25, 0.3) is 5.91 Å². The Morgan fingerprint density at radius 1 is 1.33 bits per heavy atom. The number of benzene rings is 1. The number of para-hydroxylation sites is 1. The van der Waals surface area contributed by atoms with E-state index in [1.54, 1.807) is 18.2 Å². The van der Waals surface area contributed by atoms with Crippen molar-refractivity contribution < 1.29 is 9.53 Å². The number of nitrogens with zero attached hydrogens (tertiary/aromatic N) is 2. The summed E-state index contributed by atoms with van der Waals surface area (Å²) in [4.78, 5) is 20.5. The molecule has 0 aliphatic carbocycles. The average Bonchev–Trinajstić information content (AvgIpc) is 2.50. The number of hydrogen-bond acceptors (Lipinski definition) is 5. The molecule has 8 heteroatoms. The molecule has 2 aromatic rings.